The van der Waals surface area contributed by atoms with E-state index in [1.807, 2.05) is 72.5 Å². The molecule has 2 aliphatic rings. The first-order chi connectivity index (χ1) is 21.8. The second-order valence-corrected chi connectivity index (χ2v) is 12.0. The van der Waals surface area contributed by atoms with E-state index < -0.39 is 5.82 Å². The first-order valence-corrected chi connectivity index (χ1v) is 15.6. The predicted octanol–water partition coefficient (Wildman–Crippen LogP) is 6.60. The van der Waals surface area contributed by atoms with Crippen LogP contribution in [0.2, 0.25) is 5.02 Å². The Balaban J connectivity index is 1.46. The normalized spacial score (nSPS) is 14.2. The molecule has 4 aromatic rings. The van der Waals surface area contributed by atoms with Gasteiger partial charge in [-0.15, -0.1) is 0 Å². The summed E-state index contributed by atoms with van der Waals surface area (Å²) in [6.45, 7) is 3.40. The summed E-state index contributed by atoms with van der Waals surface area (Å²) in [6.07, 6.45) is 3.42. The fourth-order valence-corrected chi connectivity index (χ4v) is 6.24. The van der Waals surface area contributed by atoms with Crippen LogP contribution in [0.25, 0.3) is 5.82 Å². The van der Waals surface area contributed by atoms with Crippen molar-refractivity contribution < 1.29 is 18.6 Å². The molecule has 232 valence electrons. The van der Waals surface area contributed by atoms with Crippen molar-refractivity contribution in [2.45, 2.75) is 26.1 Å². The molecule has 1 atom stereocenters. The zero-order chi connectivity index (χ0) is 31.7. The van der Waals surface area contributed by atoms with E-state index in [2.05, 4.69) is 31.1 Å². The number of pyridine rings is 1. The number of anilines is 1. The number of nitrogens with one attached hydrogen (secondary N) is 1. The zero-order valence-electron chi connectivity index (χ0n) is 24.7. The van der Waals surface area contributed by atoms with Crippen LogP contribution in [0.15, 0.2) is 87.7 Å². The van der Waals surface area contributed by atoms with Gasteiger partial charge in [0.15, 0.2) is 11.6 Å². The molecule has 1 aromatic heterocycles. The van der Waals surface area contributed by atoms with Gasteiger partial charge in [0.2, 0.25) is 5.22 Å². The maximum absolute atomic E-state index is 15.5. The van der Waals surface area contributed by atoms with Gasteiger partial charge in [0, 0.05) is 24.8 Å². The van der Waals surface area contributed by atoms with Gasteiger partial charge in [0.1, 0.15) is 29.8 Å². The molecule has 0 bridgehead atoms. The number of methoxy groups -OCH3 is 2. The minimum atomic E-state index is -0.663. The van der Waals surface area contributed by atoms with Crippen LogP contribution in [0.1, 0.15) is 29.7 Å². The topological polar surface area (TPSA) is 71.5 Å². The minimum Gasteiger partial charge on any atom is -0.497 e. The molecule has 0 saturated carbocycles. The summed E-state index contributed by atoms with van der Waals surface area (Å²) in [7, 11) is 3.30. The summed E-state index contributed by atoms with van der Waals surface area (Å²) < 4.78 is 32.1. The summed E-state index contributed by atoms with van der Waals surface area (Å²) >= 11 is 16.3. The maximum Gasteiger partial charge on any atom is 0.210 e. The van der Waals surface area contributed by atoms with Crippen molar-refractivity contribution in [2.24, 2.45) is 4.99 Å². The van der Waals surface area contributed by atoms with Crippen LogP contribution in [0.4, 0.5) is 10.2 Å². The van der Waals surface area contributed by atoms with E-state index >= 15 is 4.39 Å². The quantitative estimate of drug-likeness (QED) is 0.196. The van der Waals surface area contributed by atoms with Gasteiger partial charge >= 0.3 is 0 Å². The van der Waals surface area contributed by atoms with Gasteiger partial charge in [-0.05, 0) is 75.9 Å². The van der Waals surface area contributed by atoms with Crippen LogP contribution in [0.3, 0.4) is 0 Å². The first kappa shape index (κ1) is 31.0. The summed E-state index contributed by atoms with van der Waals surface area (Å²) in [5.74, 6) is 2.18. The number of rotatable bonds is 9. The molecule has 0 aliphatic carbocycles. The van der Waals surface area contributed by atoms with Crippen LogP contribution >= 0.6 is 39.1 Å². The largest absolute Gasteiger partial charge is 0.497 e. The molecule has 0 radical (unpaired) electrons. The van der Waals surface area contributed by atoms with Crippen molar-refractivity contribution in [3.05, 3.63) is 121 Å². The highest BCUT2D eigenvalue weighted by molar-refractivity contribution is 9.10. The van der Waals surface area contributed by atoms with E-state index in [0.717, 1.165) is 34.0 Å². The second-order valence-electron chi connectivity index (χ2n) is 10.4. The molecular formula is C33H29BrCl2FN5O3. The monoisotopic (exact) mass is 711 g/mol. The SMILES string of the molecule is COc1ccc(CN(Cc2ccc(OC)cc2)c2ncccc2C(C)N2C=C(Cl)Oc3c(F)c(Br)c(Cl)c4c3=C2NCN=4)cc1. The summed E-state index contributed by atoms with van der Waals surface area (Å²) in [5.41, 5.74) is 3.07. The van der Waals surface area contributed by atoms with Crippen LogP contribution < -0.4 is 35.0 Å². The van der Waals surface area contributed by atoms with Crippen LogP contribution in [-0.4, -0.2) is 30.8 Å². The van der Waals surface area contributed by atoms with Gasteiger partial charge in [-0.2, -0.15) is 0 Å². The number of hydrogen-bond acceptors (Lipinski definition) is 8. The minimum absolute atomic E-state index is 0.0142. The van der Waals surface area contributed by atoms with E-state index in [4.69, 9.17) is 42.4 Å². The van der Waals surface area contributed by atoms with Gasteiger partial charge in [-0.3, -0.25) is 4.99 Å². The Hall–Kier alpha value is -3.99. The van der Waals surface area contributed by atoms with Gasteiger partial charge in [-0.1, -0.05) is 41.9 Å². The average Bonchev–Trinajstić information content (AvgIpc) is 3.23. The number of aromatic nitrogens is 1. The molecule has 1 unspecified atom stereocenters. The molecule has 0 spiro atoms. The Morgan fingerprint density at radius 1 is 1.02 bits per heavy atom. The maximum atomic E-state index is 15.5. The second kappa shape index (κ2) is 13.2. The molecule has 45 heavy (non-hydrogen) atoms. The van der Waals surface area contributed by atoms with Crippen molar-refractivity contribution in [2.75, 3.05) is 25.8 Å². The summed E-state index contributed by atoms with van der Waals surface area (Å²) in [4.78, 5) is 13.5. The molecule has 3 aromatic carbocycles. The van der Waals surface area contributed by atoms with Gasteiger partial charge in [0.05, 0.1) is 46.5 Å². The van der Waals surface area contributed by atoms with Crippen molar-refractivity contribution >= 4 is 50.8 Å². The Labute approximate surface area is 278 Å². The molecule has 0 amide bonds. The van der Waals surface area contributed by atoms with Crippen LogP contribution in [0.5, 0.6) is 17.2 Å². The molecular weight excluding hydrogens is 684 g/mol. The lowest BCUT2D eigenvalue weighted by molar-refractivity contribution is 0.379. The standard InChI is InChI=1S/C33H29BrCl2FN5O3/c1-19(42-17-25(35)45-31-26-30(39-18-40-33(26)42)28(36)27(34)29(31)37)24-5-4-14-38-32(24)41(15-20-6-10-22(43-2)11-7-20)16-21-8-12-23(44-3)13-9-21/h4-14,17,19,40H,15-16,18H2,1-3H3. The molecule has 6 rings (SSSR count). The van der Waals surface area contributed by atoms with Crippen molar-refractivity contribution in [3.63, 3.8) is 0 Å². The third-order valence-corrected chi connectivity index (χ3v) is 9.24. The summed E-state index contributed by atoms with van der Waals surface area (Å²) in [6, 6.07) is 19.5. The zero-order valence-corrected chi connectivity index (χ0v) is 27.8. The summed E-state index contributed by atoms with van der Waals surface area (Å²) in [5, 5.41) is 4.25. The number of ether oxygens (including phenoxy) is 3. The first-order valence-electron chi connectivity index (χ1n) is 14.1. The van der Waals surface area contributed by atoms with Gasteiger partial charge < -0.3 is 29.3 Å². The van der Waals surface area contributed by atoms with Crippen LogP contribution in [0, 0.1) is 5.82 Å². The third kappa shape index (κ3) is 6.14. The Bertz CT molecular complexity index is 1840. The molecule has 1 N–H and O–H groups in total. The van der Waals surface area contributed by atoms with E-state index in [-0.39, 0.29) is 33.2 Å². The van der Waals surface area contributed by atoms with E-state index in [9.17, 15) is 0 Å². The Morgan fingerprint density at radius 2 is 1.64 bits per heavy atom. The molecule has 0 saturated heterocycles. The lowest BCUT2D eigenvalue weighted by Crippen LogP contribution is -2.45. The van der Waals surface area contributed by atoms with Gasteiger partial charge in [-0.25, -0.2) is 9.37 Å². The smallest absolute Gasteiger partial charge is 0.210 e. The van der Waals surface area contributed by atoms with E-state index in [0.29, 0.717) is 29.5 Å². The van der Waals surface area contributed by atoms with Crippen molar-refractivity contribution in [3.8, 4) is 17.2 Å². The molecule has 0 fully saturated rings. The fraction of sp³-hybridized carbons (Fsp3) is 0.212. The molecule has 3 heterocycles. The third-order valence-electron chi connectivity index (χ3n) is 7.72. The highest BCUT2D eigenvalue weighted by Gasteiger charge is 2.31. The average molecular weight is 713 g/mol. The van der Waals surface area contributed by atoms with E-state index in [1.54, 1.807) is 26.6 Å². The highest BCUT2D eigenvalue weighted by Crippen LogP contribution is 2.36. The van der Waals surface area contributed by atoms with Gasteiger partial charge in [0.25, 0.3) is 0 Å². The van der Waals surface area contributed by atoms with Crippen molar-refractivity contribution in [1.82, 2.24) is 15.2 Å². The van der Waals surface area contributed by atoms with Crippen LogP contribution in [-0.2, 0) is 13.1 Å². The molecule has 12 heteroatoms. The van der Waals surface area contributed by atoms with E-state index in [1.165, 1.54) is 0 Å². The number of benzene rings is 3. The predicted molar refractivity (Wildman–Crippen MR) is 176 cm³/mol. The number of hydrogen-bond donors (Lipinski definition) is 1. The fourth-order valence-electron chi connectivity index (χ4n) is 5.45. The number of halogens is 4. The lowest BCUT2D eigenvalue weighted by atomic mass is 10.1. The van der Waals surface area contributed by atoms with Crippen molar-refractivity contribution in [1.29, 1.82) is 0 Å². The highest BCUT2D eigenvalue weighted by atomic mass is 79.9. The molecule has 2 aliphatic heterocycles. The Morgan fingerprint density at radius 3 is 2.24 bits per heavy atom. The Kier molecular flexibility index (Phi) is 9.07. The lowest BCUT2D eigenvalue weighted by Gasteiger charge is -2.34. The molecule has 8 nitrogen and oxygen atoms in total. The number of nitrogens with zero attached hydrogens (tertiary/aromatic N) is 4.